The van der Waals surface area contributed by atoms with Crippen LogP contribution in [0.3, 0.4) is 0 Å². The van der Waals surface area contributed by atoms with Crippen LogP contribution in [-0.4, -0.2) is 22.9 Å². The van der Waals surface area contributed by atoms with Crippen LogP contribution < -0.4 is 10.1 Å². The SMILES string of the molecule is CCNCc1cc(OCCc2ccnn2C)ccc1Br. The molecule has 1 aromatic carbocycles. The molecule has 0 aliphatic rings. The van der Waals surface area contributed by atoms with Gasteiger partial charge in [-0.1, -0.05) is 22.9 Å². The van der Waals surface area contributed by atoms with Crippen LogP contribution >= 0.6 is 15.9 Å². The second-order valence-electron chi connectivity index (χ2n) is 4.58. The first-order valence-electron chi connectivity index (χ1n) is 6.79. The fraction of sp³-hybridized carbons (Fsp3) is 0.400. The van der Waals surface area contributed by atoms with E-state index < -0.39 is 0 Å². The molecule has 2 aromatic rings. The summed E-state index contributed by atoms with van der Waals surface area (Å²) in [6, 6.07) is 8.12. The van der Waals surface area contributed by atoms with Gasteiger partial charge < -0.3 is 10.1 Å². The van der Waals surface area contributed by atoms with Crippen LogP contribution in [0.5, 0.6) is 5.75 Å². The van der Waals surface area contributed by atoms with Crippen molar-refractivity contribution in [3.63, 3.8) is 0 Å². The highest BCUT2D eigenvalue weighted by molar-refractivity contribution is 9.10. The topological polar surface area (TPSA) is 39.1 Å². The highest BCUT2D eigenvalue weighted by atomic mass is 79.9. The van der Waals surface area contributed by atoms with Crippen LogP contribution in [0.1, 0.15) is 18.2 Å². The first-order valence-corrected chi connectivity index (χ1v) is 7.59. The molecule has 108 valence electrons. The Labute approximate surface area is 128 Å². The number of hydrogen-bond donors (Lipinski definition) is 1. The minimum atomic E-state index is 0.655. The summed E-state index contributed by atoms with van der Waals surface area (Å²) in [7, 11) is 1.95. The van der Waals surface area contributed by atoms with Crippen LogP contribution in [0.15, 0.2) is 34.9 Å². The molecule has 20 heavy (non-hydrogen) atoms. The Bertz CT molecular complexity index is 554. The third-order valence-electron chi connectivity index (χ3n) is 3.13. The number of nitrogens with one attached hydrogen (secondary N) is 1. The second-order valence-corrected chi connectivity index (χ2v) is 5.43. The van der Waals surface area contributed by atoms with E-state index in [-0.39, 0.29) is 0 Å². The number of hydrogen-bond acceptors (Lipinski definition) is 3. The predicted molar refractivity (Wildman–Crippen MR) is 83.9 cm³/mol. The first kappa shape index (κ1) is 15.1. The summed E-state index contributed by atoms with van der Waals surface area (Å²) in [6.07, 6.45) is 2.67. The van der Waals surface area contributed by atoms with Gasteiger partial charge in [-0.15, -0.1) is 0 Å². The summed E-state index contributed by atoms with van der Waals surface area (Å²) in [4.78, 5) is 0. The minimum Gasteiger partial charge on any atom is -0.493 e. The smallest absolute Gasteiger partial charge is 0.119 e. The first-order chi connectivity index (χ1) is 9.70. The molecule has 1 aromatic heterocycles. The van der Waals surface area contributed by atoms with Crippen molar-refractivity contribution in [2.24, 2.45) is 7.05 Å². The van der Waals surface area contributed by atoms with Gasteiger partial charge in [0.2, 0.25) is 0 Å². The third kappa shape index (κ3) is 4.08. The minimum absolute atomic E-state index is 0.655. The Morgan fingerprint density at radius 3 is 2.90 bits per heavy atom. The lowest BCUT2D eigenvalue weighted by atomic mass is 10.2. The molecule has 5 heteroatoms. The summed E-state index contributed by atoms with van der Waals surface area (Å²) in [6.45, 7) is 4.55. The van der Waals surface area contributed by atoms with Crippen molar-refractivity contribution < 1.29 is 4.74 Å². The largest absolute Gasteiger partial charge is 0.493 e. The van der Waals surface area contributed by atoms with E-state index in [2.05, 4.69) is 39.3 Å². The number of aromatic nitrogens is 2. The third-order valence-corrected chi connectivity index (χ3v) is 3.91. The van der Waals surface area contributed by atoms with E-state index >= 15 is 0 Å². The normalized spacial score (nSPS) is 10.8. The molecule has 0 spiro atoms. The molecule has 2 rings (SSSR count). The molecular weight excluding hydrogens is 318 g/mol. The molecular formula is C15H20BrN3O. The zero-order valence-corrected chi connectivity index (χ0v) is 13.5. The van der Waals surface area contributed by atoms with Gasteiger partial charge in [0.05, 0.1) is 6.61 Å². The van der Waals surface area contributed by atoms with Crippen molar-refractivity contribution >= 4 is 15.9 Å². The van der Waals surface area contributed by atoms with Crippen molar-refractivity contribution in [1.29, 1.82) is 0 Å². The predicted octanol–water partition coefficient (Wildman–Crippen LogP) is 2.91. The highest BCUT2D eigenvalue weighted by Gasteiger charge is 2.03. The molecule has 0 aliphatic carbocycles. The fourth-order valence-corrected chi connectivity index (χ4v) is 2.34. The summed E-state index contributed by atoms with van der Waals surface area (Å²) in [5.74, 6) is 0.906. The number of aryl methyl sites for hydroxylation is 1. The quantitative estimate of drug-likeness (QED) is 0.844. The molecule has 0 aliphatic heterocycles. The summed E-state index contributed by atoms with van der Waals surface area (Å²) in [5, 5.41) is 7.47. The van der Waals surface area contributed by atoms with Gasteiger partial charge in [0.25, 0.3) is 0 Å². The molecule has 0 bridgehead atoms. The lowest BCUT2D eigenvalue weighted by Gasteiger charge is -2.10. The van der Waals surface area contributed by atoms with Gasteiger partial charge in [-0.05, 0) is 36.4 Å². The molecule has 0 atom stereocenters. The van der Waals surface area contributed by atoms with Crippen molar-refractivity contribution in [3.05, 3.63) is 46.2 Å². The molecule has 0 amide bonds. The zero-order valence-electron chi connectivity index (χ0n) is 11.9. The van der Waals surface area contributed by atoms with Crippen molar-refractivity contribution in [3.8, 4) is 5.75 Å². The van der Waals surface area contributed by atoms with Crippen LogP contribution in [0, 0.1) is 0 Å². The standard InChI is InChI=1S/C15H20BrN3O/c1-3-17-11-12-10-14(4-5-15(12)16)20-9-7-13-6-8-18-19(13)2/h4-6,8,10,17H,3,7,9,11H2,1-2H3. The van der Waals surface area contributed by atoms with Crippen molar-refractivity contribution in [2.45, 2.75) is 19.9 Å². The van der Waals surface area contributed by atoms with Crippen LogP contribution in [0.25, 0.3) is 0 Å². The maximum absolute atomic E-state index is 5.82. The van der Waals surface area contributed by atoms with Gasteiger partial charge in [0.15, 0.2) is 0 Å². The number of rotatable bonds is 7. The Kier molecular flexibility index (Phi) is 5.61. The van der Waals surface area contributed by atoms with Crippen LogP contribution in [-0.2, 0) is 20.0 Å². The van der Waals surface area contributed by atoms with E-state index in [1.54, 1.807) is 0 Å². The molecule has 0 radical (unpaired) electrons. The average molecular weight is 338 g/mol. The maximum Gasteiger partial charge on any atom is 0.119 e. The zero-order chi connectivity index (χ0) is 14.4. The summed E-state index contributed by atoms with van der Waals surface area (Å²) < 4.78 is 8.81. The Morgan fingerprint density at radius 1 is 1.35 bits per heavy atom. The molecule has 0 fully saturated rings. The number of nitrogens with zero attached hydrogens (tertiary/aromatic N) is 2. The van der Waals surface area contributed by atoms with E-state index in [0.717, 1.165) is 29.7 Å². The Balaban J connectivity index is 1.91. The number of halogens is 1. The van der Waals surface area contributed by atoms with Gasteiger partial charge in [0.1, 0.15) is 5.75 Å². The lowest BCUT2D eigenvalue weighted by molar-refractivity contribution is 0.318. The number of ether oxygens (including phenoxy) is 1. The fourth-order valence-electron chi connectivity index (χ4n) is 1.96. The van der Waals surface area contributed by atoms with Gasteiger partial charge in [-0.2, -0.15) is 5.10 Å². The van der Waals surface area contributed by atoms with Crippen LogP contribution in [0.4, 0.5) is 0 Å². The van der Waals surface area contributed by atoms with E-state index in [1.165, 1.54) is 11.3 Å². The molecule has 1 heterocycles. The monoisotopic (exact) mass is 337 g/mol. The van der Waals surface area contributed by atoms with Gasteiger partial charge >= 0.3 is 0 Å². The Morgan fingerprint density at radius 2 is 2.20 bits per heavy atom. The average Bonchev–Trinajstić information content (AvgIpc) is 2.85. The van der Waals surface area contributed by atoms with E-state index in [0.29, 0.717) is 6.61 Å². The maximum atomic E-state index is 5.82. The molecule has 0 saturated heterocycles. The highest BCUT2D eigenvalue weighted by Crippen LogP contribution is 2.22. The van der Waals surface area contributed by atoms with Gasteiger partial charge in [-0.25, -0.2) is 0 Å². The molecule has 4 nitrogen and oxygen atoms in total. The summed E-state index contributed by atoms with van der Waals surface area (Å²) >= 11 is 3.56. The van der Waals surface area contributed by atoms with Crippen molar-refractivity contribution in [1.82, 2.24) is 15.1 Å². The van der Waals surface area contributed by atoms with Gasteiger partial charge in [0, 0.05) is 36.4 Å². The van der Waals surface area contributed by atoms with Crippen molar-refractivity contribution in [2.75, 3.05) is 13.2 Å². The lowest BCUT2D eigenvalue weighted by Crippen LogP contribution is -2.12. The van der Waals surface area contributed by atoms with E-state index in [4.69, 9.17) is 4.74 Å². The molecule has 0 saturated carbocycles. The Hall–Kier alpha value is -1.33. The summed E-state index contributed by atoms with van der Waals surface area (Å²) in [5.41, 5.74) is 2.39. The van der Waals surface area contributed by atoms with E-state index in [1.807, 2.05) is 36.1 Å². The van der Waals surface area contributed by atoms with Gasteiger partial charge in [-0.3, -0.25) is 4.68 Å². The second kappa shape index (κ2) is 7.45. The molecule has 1 N–H and O–H groups in total. The molecule has 0 unspecified atom stereocenters. The van der Waals surface area contributed by atoms with Crippen LogP contribution in [0.2, 0.25) is 0 Å². The van der Waals surface area contributed by atoms with E-state index in [9.17, 15) is 0 Å². The number of benzene rings is 1.